The van der Waals surface area contributed by atoms with Gasteiger partial charge in [-0.3, -0.25) is 14.5 Å². The summed E-state index contributed by atoms with van der Waals surface area (Å²) in [7, 11) is 5.88. The van der Waals surface area contributed by atoms with Crippen LogP contribution in [-0.4, -0.2) is 45.9 Å². The highest BCUT2D eigenvalue weighted by Crippen LogP contribution is 2.23. The van der Waals surface area contributed by atoms with E-state index in [0.29, 0.717) is 6.54 Å². The molecule has 24 heavy (non-hydrogen) atoms. The number of rotatable bonds is 3. The molecule has 0 spiro atoms. The minimum Gasteiger partial charge on any atom is -0.483 e. The van der Waals surface area contributed by atoms with E-state index in [2.05, 4.69) is 30.1 Å². The molecule has 128 valence electrons. The zero-order chi connectivity index (χ0) is 17.7. The molecule has 0 fully saturated rings. The summed E-state index contributed by atoms with van der Waals surface area (Å²) in [5, 5.41) is 6.89. The second-order valence-corrected chi connectivity index (χ2v) is 6.05. The predicted molar refractivity (Wildman–Crippen MR) is 91.5 cm³/mol. The Hall–Kier alpha value is -2.60. The summed E-state index contributed by atoms with van der Waals surface area (Å²) < 4.78 is 1.86. The van der Waals surface area contributed by atoms with Crippen LogP contribution in [0, 0.1) is 0 Å². The van der Waals surface area contributed by atoms with Crippen LogP contribution in [0.25, 0.3) is 0 Å². The Bertz CT molecular complexity index is 724. The highest BCUT2D eigenvalue weighted by atomic mass is 16.3. The van der Waals surface area contributed by atoms with E-state index in [9.17, 15) is 4.79 Å². The molecule has 1 N–H and O–H groups in total. The number of carboxylic acid groups (broad SMARTS) is 1. The normalized spacial score (nSPS) is 13.0. The maximum Gasteiger partial charge on any atom is 0.290 e. The van der Waals surface area contributed by atoms with Crippen molar-refractivity contribution in [3.63, 3.8) is 0 Å². The van der Waals surface area contributed by atoms with Crippen molar-refractivity contribution in [1.82, 2.24) is 14.4 Å². The van der Waals surface area contributed by atoms with Gasteiger partial charge in [0.15, 0.2) is 0 Å². The molecule has 0 aliphatic carbocycles. The Morgan fingerprint density at radius 3 is 2.54 bits per heavy atom. The number of benzene rings is 1. The second kappa shape index (κ2) is 7.79. The van der Waals surface area contributed by atoms with Gasteiger partial charge in [0.1, 0.15) is 5.69 Å². The molecule has 1 amide bonds. The van der Waals surface area contributed by atoms with Crippen molar-refractivity contribution in [1.29, 1.82) is 0 Å². The van der Waals surface area contributed by atoms with Gasteiger partial charge in [-0.1, -0.05) is 18.2 Å². The average molecular weight is 329 g/mol. The summed E-state index contributed by atoms with van der Waals surface area (Å²) in [6, 6.07) is 10.3. The third-order valence-corrected chi connectivity index (χ3v) is 4.08. The van der Waals surface area contributed by atoms with E-state index in [1.807, 2.05) is 37.0 Å². The molecule has 2 aromatic rings. The van der Waals surface area contributed by atoms with Crippen LogP contribution in [0.2, 0.25) is 0 Å². The number of fused-ring (bicyclic) bond motifs is 1. The van der Waals surface area contributed by atoms with Crippen molar-refractivity contribution < 1.29 is 14.7 Å². The lowest BCUT2D eigenvalue weighted by atomic mass is 10.1. The summed E-state index contributed by atoms with van der Waals surface area (Å²) in [6.45, 7) is 2.41. The molecular weight excluding hydrogens is 306 g/mol. The average Bonchev–Trinajstić information content (AvgIpc) is 3.11. The maximum absolute atomic E-state index is 12.4. The summed E-state index contributed by atoms with van der Waals surface area (Å²) in [6.07, 6.45) is 1.90. The molecule has 0 unspecified atom stereocenters. The van der Waals surface area contributed by atoms with E-state index in [1.54, 1.807) is 4.90 Å². The Morgan fingerprint density at radius 2 is 1.92 bits per heavy atom. The first-order valence-electron chi connectivity index (χ1n) is 7.70. The predicted octanol–water partition coefficient (Wildman–Crippen LogP) is 1.94. The first-order chi connectivity index (χ1) is 11.5. The van der Waals surface area contributed by atoms with Crippen molar-refractivity contribution >= 4 is 12.4 Å². The van der Waals surface area contributed by atoms with E-state index in [-0.39, 0.29) is 12.4 Å². The van der Waals surface area contributed by atoms with Crippen molar-refractivity contribution in [3.8, 4) is 0 Å². The Kier molecular flexibility index (Phi) is 5.76. The SMILES string of the molecule is CN1Cc2ccc(CN(C)C(=O)c3cccn3C)cc2C1.O=CO. The zero-order valence-corrected chi connectivity index (χ0v) is 14.3. The lowest BCUT2D eigenvalue weighted by Gasteiger charge is -2.18. The van der Waals surface area contributed by atoms with Crippen LogP contribution >= 0.6 is 0 Å². The van der Waals surface area contributed by atoms with Crippen LogP contribution in [0.1, 0.15) is 27.2 Å². The van der Waals surface area contributed by atoms with Gasteiger partial charge < -0.3 is 14.6 Å². The number of amides is 1. The van der Waals surface area contributed by atoms with Gasteiger partial charge in [-0.05, 0) is 35.9 Å². The number of carbonyl (C=O) groups excluding carboxylic acids is 1. The smallest absolute Gasteiger partial charge is 0.290 e. The Labute approximate surface area is 141 Å². The van der Waals surface area contributed by atoms with E-state index in [0.717, 1.165) is 18.8 Å². The standard InChI is InChI=1S/C17H21N3O.CH2O2/c1-18-11-14-7-6-13(9-15(14)12-18)10-20(3)17(21)16-5-4-8-19(16)2;2-1-3/h4-9H,10-12H2,1-3H3;1H,(H,2,3). The monoisotopic (exact) mass is 329 g/mol. The lowest BCUT2D eigenvalue weighted by Crippen LogP contribution is -2.27. The second-order valence-electron chi connectivity index (χ2n) is 6.05. The first kappa shape index (κ1) is 17.7. The molecule has 1 aromatic carbocycles. The third kappa shape index (κ3) is 4.02. The number of hydrogen-bond acceptors (Lipinski definition) is 3. The number of nitrogens with zero attached hydrogens (tertiary/aromatic N) is 3. The first-order valence-corrected chi connectivity index (χ1v) is 7.70. The van der Waals surface area contributed by atoms with Crippen LogP contribution in [0.5, 0.6) is 0 Å². The number of aryl methyl sites for hydroxylation is 1. The van der Waals surface area contributed by atoms with Gasteiger partial charge in [0.05, 0.1) is 0 Å². The summed E-state index contributed by atoms with van der Waals surface area (Å²) in [4.78, 5) is 24.8. The highest BCUT2D eigenvalue weighted by Gasteiger charge is 2.18. The summed E-state index contributed by atoms with van der Waals surface area (Å²) in [5.74, 6) is 0.0557. The largest absolute Gasteiger partial charge is 0.483 e. The third-order valence-electron chi connectivity index (χ3n) is 4.08. The van der Waals surface area contributed by atoms with Crippen LogP contribution < -0.4 is 0 Å². The number of aromatic nitrogens is 1. The molecule has 3 rings (SSSR count). The topological polar surface area (TPSA) is 65.8 Å². The van der Waals surface area contributed by atoms with Crippen LogP contribution in [-0.2, 0) is 31.5 Å². The molecule has 6 nitrogen and oxygen atoms in total. The molecule has 0 saturated heterocycles. The lowest BCUT2D eigenvalue weighted by molar-refractivity contribution is -0.122. The van der Waals surface area contributed by atoms with Gasteiger partial charge in [0.2, 0.25) is 0 Å². The molecule has 0 atom stereocenters. The molecule has 0 saturated carbocycles. The molecule has 0 radical (unpaired) electrons. The van der Waals surface area contributed by atoms with Crippen LogP contribution in [0.3, 0.4) is 0 Å². The fraction of sp³-hybridized carbons (Fsp3) is 0.333. The van der Waals surface area contributed by atoms with E-state index in [1.165, 1.54) is 16.7 Å². The van der Waals surface area contributed by atoms with Gasteiger partial charge in [-0.15, -0.1) is 0 Å². The molecule has 6 heteroatoms. The molecule has 1 aromatic heterocycles. The quantitative estimate of drug-likeness (QED) is 0.874. The van der Waals surface area contributed by atoms with Gasteiger partial charge in [-0.25, -0.2) is 0 Å². The van der Waals surface area contributed by atoms with Crippen LogP contribution in [0.15, 0.2) is 36.5 Å². The van der Waals surface area contributed by atoms with Gasteiger partial charge in [0.25, 0.3) is 12.4 Å². The summed E-state index contributed by atoms with van der Waals surface area (Å²) in [5.41, 5.74) is 4.69. The van der Waals surface area contributed by atoms with Crippen molar-refractivity contribution in [3.05, 3.63) is 58.9 Å². The molecular formula is C18H23N3O3. The number of carbonyl (C=O) groups is 2. The maximum atomic E-state index is 12.4. The molecule has 2 heterocycles. The fourth-order valence-corrected chi connectivity index (χ4v) is 2.94. The van der Waals surface area contributed by atoms with E-state index in [4.69, 9.17) is 9.90 Å². The van der Waals surface area contributed by atoms with Crippen molar-refractivity contribution in [2.75, 3.05) is 14.1 Å². The fourth-order valence-electron chi connectivity index (χ4n) is 2.94. The Morgan fingerprint density at radius 1 is 1.25 bits per heavy atom. The van der Waals surface area contributed by atoms with Gasteiger partial charge in [-0.2, -0.15) is 0 Å². The number of hydrogen-bond donors (Lipinski definition) is 1. The highest BCUT2D eigenvalue weighted by molar-refractivity contribution is 5.92. The van der Waals surface area contributed by atoms with E-state index < -0.39 is 0 Å². The van der Waals surface area contributed by atoms with E-state index >= 15 is 0 Å². The van der Waals surface area contributed by atoms with Crippen molar-refractivity contribution in [2.24, 2.45) is 7.05 Å². The van der Waals surface area contributed by atoms with Gasteiger partial charge >= 0.3 is 0 Å². The van der Waals surface area contributed by atoms with Crippen LogP contribution in [0.4, 0.5) is 0 Å². The van der Waals surface area contributed by atoms with Gasteiger partial charge in [0, 0.05) is 39.9 Å². The Balaban J connectivity index is 0.000000647. The zero-order valence-electron chi connectivity index (χ0n) is 14.3. The minimum absolute atomic E-state index is 0.0557. The minimum atomic E-state index is -0.250. The molecule has 0 bridgehead atoms. The van der Waals surface area contributed by atoms with Crippen molar-refractivity contribution in [2.45, 2.75) is 19.6 Å². The molecule has 1 aliphatic heterocycles. The summed E-state index contributed by atoms with van der Waals surface area (Å²) >= 11 is 0. The molecule has 1 aliphatic rings.